The molecule has 2 N–H and O–H groups in total. The molecular weight excluding hydrogens is 459 g/mol. The third kappa shape index (κ3) is 8.51. The number of nitrogens with zero attached hydrogens (tertiary/aromatic N) is 2. The van der Waals surface area contributed by atoms with Gasteiger partial charge in [-0.15, -0.1) is 24.0 Å². The van der Waals surface area contributed by atoms with Gasteiger partial charge in [0.2, 0.25) is 5.91 Å². The van der Waals surface area contributed by atoms with Gasteiger partial charge in [-0.2, -0.15) is 0 Å². The van der Waals surface area contributed by atoms with Gasteiger partial charge < -0.3 is 25.0 Å². The van der Waals surface area contributed by atoms with E-state index in [1.165, 1.54) is 25.7 Å². The van der Waals surface area contributed by atoms with Gasteiger partial charge in [0.15, 0.2) is 5.96 Å². The molecule has 1 atom stereocenters. The van der Waals surface area contributed by atoms with Crippen LogP contribution in [-0.2, 0) is 14.3 Å². The van der Waals surface area contributed by atoms with Crippen molar-refractivity contribution in [2.75, 3.05) is 54.1 Å². The normalized spacial score (nSPS) is 21.6. The number of likely N-dealkylation sites (N-methyl/N-ethyl adjacent to an activating group) is 1. The zero-order chi connectivity index (χ0) is 18.8. The highest BCUT2D eigenvalue weighted by Gasteiger charge is 2.36. The van der Waals surface area contributed by atoms with E-state index in [1.807, 2.05) is 0 Å². The molecule has 0 aromatic heterocycles. The van der Waals surface area contributed by atoms with Crippen LogP contribution in [-0.4, -0.2) is 76.9 Å². The first-order valence-electron chi connectivity index (χ1n) is 9.87. The van der Waals surface area contributed by atoms with Gasteiger partial charge in [0.1, 0.15) is 6.54 Å². The van der Waals surface area contributed by atoms with E-state index in [9.17, 15) is 4.79 Å². The third-order valence-electron chi connectivity index (χ3n) is 5.52. The number of hydrogen-bond acceptors (Lipinski definition) is 4. The van der Waals surface area contributed by atoms with E-state index in [4.69, 9.17) is 9.47 Å². The highest BCUT2D eigenvalue weighted by atomic mass is 127. The van der Waals surface area contributed by atoms with Gasteiger partial charge in [-0.1, -0.05) is 6.42 Å². The van der Waals surface area contributed by atoms with Crippen molar-refractivity contribution in [3.8, 4) is 0 Å². The van der Waals surface area contributed by atoms with Gasteiger partial charge in [-0.25, -0.2) is 4.99 Å². The molecule has 0 bridgehead atoms. The van der Waals surface area contributed by atoms with Crippen LogP contribution in [0.15, 0.2) is 4.99 Å². The van der Waals surface area contributed by atoms with Crippen LogP contribution in [0.4, 0.5) is 0 Å². The summed E-state index contributed by atoms with van der Waals surface area (Å²) < 4.78 is 11.1. The minimum atomic E-state index is -0.00208. The molecule has 1 saturated carbocycles. The number of carbonyl (C=O) groups is 1. The van der Waals surface area contributed by atoms with Crippen molar-refractivity contribution in [2.24, 2.45) is 10.4 Å². The van der Waals surface area contributed by atoms with E-state index in [0.29, 0.717) is 11.4 Å². The Bertz CT molecular complexity index is 464. The Balaban J connectivity index is 0.00000364. The lowest BCUT2D eigenvalue weighted by atomic mass is 9.67. The summed E-state index contributed by atoms with van der Waals surface area (Å²) in [6.07, 6.45) is 8.45. The average Bonchev–Trinajstić information content (AvgIpc) is 2.62. The maximum Gasteiger partial charge on any atom is 0.243 e. The predicted octanol–water partition coefficient (Wildman–Crippen LogP) is 2.00. The Morgan fingerprint density at radius 2 is 2.04 bits per heavy atom. The van der Waals surface area contributed by atoms with Crippen molar-refractivity contribution in [1.29, 1.82) is 0 Å². The number of methoxy groups -OCH3 is 1. The van der Waals surface area contributed by atoms with Crippen LogP contribution in [0, 0.1) is 5.41 Å². The lowest BCUT2D eigenvalue weighted by Crippen LogP contribution is -2.49. The van der Waals surface area contributed by atoms with E-state index >= 15 is 0 Å². The molecule has 1 unspecified atom stereocenters. The molecule has 2 aliphatic rings. The van der Waals surface area contributed by atoms with Crippen molar-refractivity contribution in [2.45, 2.75) is 51.0 Å². The number of carbonyl (C=O) groups excluding carboxylic acids is 1. The fourth-order valence-corrected chi connectivity index (χ4v) is 3.42. The molecule has 7 nitrogen and oxygen atoms in total. The molecule has 1 aliphatic heterocycles. The highest BCUT2D eigenvalue weighted by molar-refractivity contribution is 14.0. The summed E-state index contributed by atoms with van der Waals surface area (Å²) in [6, 6.07) is 0. The van der Waals surface area contributed by atoms with Crippen molar-refractivity contribution in [3.63, 3.8) is 0 Å². The Morgan fingerprint density at radius 1 is 1.26 bits per heavy atom. The molecule has 158 valence electrons. The molecule has 2 rings (SSSR count). The largest absolute Gasteiger partial charge is 0.385 e. The zero-order valence-electron chi connectivity index (χ0n) is 17.1. The number of amides is 1. The second-order valence-corrected chi connectivity index (χ2v) is 7.77. The fourth-order valence-electron chi connectivity index (χ4n) is 3.42. The summed E-state index contributed by atoms with van der Waals surface area (Å²) in [5.74, 6) is 0.704. The molecule has 8 heteroatoms. The molecule has 0 spiro atoms. The van der Waals surface area contributed by atoms with Gasteiger partial charge in [-0.05, 0) is 43.9 Å². The van der Waals surface area contributed by atoms with Crippen LogP contribution in [0.3, 0.4) is 0 Å². The van der Waals surface area contributed by atoms with E-state index in [-0.39, 0.29) is 42.5 Å². The van der Waals surface area contributed by atoms with Crippen LogP contribution >= 0.6 is 24.0 Å². The Labute approximate surface area is 181 Å². The van der Waals surface area contributed by atoms with Crippen LogP contribution in [0.5, 0.6) is 0 Å². The molecule has 1 aliphatic carbocycles. The predicted molar refractivity (Wildman–Crippen MR) is 119 cm³/mol. The van der Waals surface area contributed by atoms with Gasteiger partial charge in [0, 0.05) is 47.5 Å². The maximum atomic E-state index is 11.9. The molecule has 1 heterocycles. The summed E-state index contributed by atoms with van der Waals surface area (Å²) in [6.45, 7) is 3.37. The number of halogens is 1. The Kier molecular flexibility index (Phi) is 11.6. The average molecular weight is 496 g/mol. The minimum Gasteiger partial charge on any atom is -0.385 e. The Morgan fingerprint density at radius 3 is 2.59 bits per heavy atom. The quantitative estimate of drug-likeness (QED) is 0.290. The van der Waals surface area contributed by atoms with Crippen LogP contribution in [0.1, 0.15) is 44.9 Å². The number of guanidine groups is 1. The van der Waals surface area contributed by atoms with Crippen molar-refractivity contribution in [1.82, 2.24) is 15.5 Å². The van der Waals surface area contributed by atoms with Gasteiger partial charge >= 0.3 is 0 Å². The maximum absolute atomic E-state index is 11.9. The van der Waals surface area contributed by atoms with E-state index in [2.05, 4.69) is 15.6 Å². The second-order valence-electron chi connectivity index (χ2n) is 7.77. The van der Waals surface area contributed by atoms with Crippen LogP contribution in [0.25, 0.3) is 0 Å². The SMILES string of the molecule is COCCC1(CNC(=NCC(=O)N(C)C)NCC2CCCCO2)CCC1.I. The summed E-state index contributed by atoms with van der Waals surface area (Å²) in [4.78, 5) is 17.9. The fraction of sp³-hybridized carbons (Fsp3) is 0.895. The molecular formula is C19H37IN4O3. The second kappa shape index (κ2) is 12.8. The summed E-state index contributed by atoms with van der Waals surface area (Å²) in [5.41, 5.74) is 0.297. The monoisotopic (exact) mass is 496 g/mol. The summed E-state index contributed by atoms with van der Waals surface area (Å²) >= 11 is 0. The smallest absolute Gasteiger partial charge is 0.243 e. The molecule has 2 fully saturated rings. The standard InChI is InChI=1S/C19H36N4O3.HI/c1-23(2)17(24)14-21-18(20-13-16-7-4-5-11-26-16)22-15-19(8-6-9-19)10-12-25-3;/h16H,4-15H2,1-3H3,(H2,20,21,22);1H. The number of hydrogen-bond donors (Lipinski definition) is 2. The number of nitrogens with one attached hydrogen (secondary N) is 2. The lowest BCUT2D eigenvalue weighted by molar-refractivity contribution is -0.127. The minimum absolute atomic E-state index is 0. The number of aliphatic imine (C=N–C) groups is 1. The van der Waals surface area contributed by atoms with Crippen LogP contribution < -0.4 is 10.6 Å². The highest BCUT2D eigenvalue weighted by Crippen LogP contribution is 2.43. The van der Waals surface area contributed by atoms with Crippen LogP contribution in [0.2, 0.25) is 0 Å². The molecule has 0 aromatic rings. The van der Waals surface area contributed by atoms with E-state index < -0.39 is 0 Å². The summed E-state index contributed by atoms with van der Waals surface area (Å²) in [7, 11) is 5.26. The molecule has 1 saturated heterocycles. The number of rotatable bonds is 9. The first-order chi connectivity index (χ1) is 12.5. The van der Waals surface area contributed by atoms with Gasteiger partial charge in [0.05, 0.1) is 6.10 Å². The molecule has 0 aromatic carbocycles. The van der Waals surface area contributed by atoms with Crippen molar-refractivity contribution in [3.05, 3.63) is 0 Å². The topological polar surface area (TPSA) is 75.2 Å². The van der Waals surface area contributed by atoms with Gasteiger partial charge in [-0.3, -0.25) is 4.79 Å². The lowest BCUT2D eigenvalue weighted by Gasteiger charge is -2.42. The third-order valence-corrected chi connectivity index (χ3v) is 5.52. The Hall–Kier alpha value is -0.610. The molecule has 1 amide bonds. The first-order valence-corrected chi connectivity index (χ1v) is 9.87. The van der Waals surface area contributed by atoms with Crippen molar-refractivity contribution < 1.29 is 14.3 Å². The van der Waals surface area contributed by atoms with E-state index in [0.717, 1.165) is 45.6 Å². The number of ether oxygens (including phenoxy) is 2. The molecule has 27 heavy (non-hydrogen) atoms. The summed E-state index contributed by atoms with van der Waals surface area (Å²) in [5, 5.41) is 6.83. The molecule has 0 radical (unpaired) electrons. The van der Waals surface area contributed by atoms with Crippen molar-refractivity contribution >= 4 is 35.8 Å². The first kappa shape index (κ1) is 24.4. The zero-order valence-corrected chi connectivity index (χ0v) is 19.4. The van der Waals surface area contributed by atoms with E-state index in [1.54, 1.807) is 26.1 Å². The van der Waals surface area contributed by atoms with Gasteiger partial charge in [0.25, 0.3) is 0 Å².